The quantitative estimate of drug-likeness (QED) is 0.928. The first-order valence-corrected chi connectivity index (χ1v) is 7.53. The minimum absolute atomic E-state index is 0.0736. The van der Waals surface area contributed by atoms with Crippen molar-refractivity contribution in [2.75, 3.05) is 24.7 Å². The third kappa shape index (κ3) is 4.20. The lowest BCUT2D eigenvalue weighted by atomic mass is 10.0. The minimum Gasteiger partial charge on any atom is -0.377 e. The van der Waals surface area contributed by atoms with Gasteiger partial charge in [-0.25, -0.2) is 0 Å². The van der Waals surface area contributed by atoms with Crippen LogP contribution in [0, 0.1) is 11.3 Å². The van der Waals surface area contributed by atoms with Crippen LogP contribution in [0.3, 0.4) is 0 Å². The van der Waals surface area contributed by atoms with Crippen LogP contribution >= 0.6 is 0 Å². The fraction of sp³-hybridized carbons (Fsp3) is 0.588. The van der Waals surface area contributed by atoms with Gasteiger partial charge in [0.1, 0.15) is 6.07 Å². The van der Waals surface area contributed by atoms with E-state index in [1.165, 1.54) is 0 Å². The lowest BCUT2D eigenvalue weighted by Gasteiger charge is -2.35. The number of hydrogen-bond donors (Lipinski definition) is 1. The molecule has 1 fully saturated rings. The first-order chi connectivity index (χ1) is 9.90. The summed E-state index contributed by atoms with van der Waals surface area (Å²) in [5.41, 5.74) is 2.99. The molecular formula is C17H25N3O. The standard InChI is InChI=1S/C17H25N3O/c1-13-12-21-8-7-20(13)16-6-5-14(9-15(16)10-18)11-19-17(2,3)4/h5-6,9,13,19H,7-8,11-12H2,1-4H3. The van der Waals surface area contributed by atoms with Gasteiger partial charge in [0, 0.05) is 24.7 Å². The zero-order valence-corrected chi connectivity index (χ0v) is 13.4. The van der Waals surface area contributed by atoms with Gasteiger partial charge in [-0.2, -0.15) is 5.26 Å². The third-order valence-electron chi connectivity index (χ3n) is 3.68. The van der Waals surface area contributed by atoms with Crippen molar-refractivity contribution in [1.29, 1.82) is 5.26 Å². The molecule has 0 saturated carbocycles. The fourth-order valence-corrected chi connectivity index (χ4v) is 2.49. The Morgan fingerprint density at radius 2 is 2.19 bits per heavy atom. The maximum absolute atomic E-state index is 9.46. The zero-order valence-electron chi connectivity index (χ0n) is 13.4. The van der Waals surface area contributed by atoms with Crippen LogP contribution in [-0.4, -0.2) is 31.3 Å². The van der Waals surface area contributed by atoms with Crippen molar-refractivity contribution < 1.29 is 4.74 Å². The highest BCUT2D eigenvalue weighted by atomic mass is 16.5. The number of ether oxygens (including phenoxy) is 1. The second kappa shape index (κ2) is 6.46. The van der Waals surface area contributed by atoms with Gasteiger partial charge in [0.2, 0.25) is 0 Å². The van der Waals surface area contributed by atoms with Crippen LogP contribution in [-0.2, 0) is 11.3 Å². The summed E-state index contributed by atoms with van der Waals surface area (Å²) >= 11 is 0. The summed E-state index contributed by atoms with van der Waals surface area (Å²) in [6.45, 7) is 11.6. The Morgan fingerprint density at radius 3 is 2.81 bits per heavy atom. The number of rotatable bonds is 3. The van der Waals surface area contributed by atoms with E-state index in [2.05, 4.69) is 56.1 Å². The Bertz CT molecular complexity index is 528. The zero-order chi connectivity index (χ0) is 15.5. The van der Waals surface area contributed by atoms with E-state index in [-0.39, 0.29) is 5.54 Å². The Hall–Kier alpha value is -1.57. The van der Waals surface area contributed by atoms with E-state index in [1.54, 1.807) is 0 Å². The van der Waals surface area contributed by atoms with Crippen molar-refractivity contribution in [3.8, 4) is 6.07 Å². The monoisotopic (exact) mass is 287 g/mol. The number of benzene rings is 1. The summed E-state index contributed by atoms with van der Waals surface area (Å²) in [6.07, 6.45) is 0. The van der Waals surface area contributed by atoms with E-state index in [0.717, 1.165) is 43.1 Å². The van der Waals surface area contributed by atoms with Crippen LogP contribution in [0.4, 0.5) is 5.69 Å². The second-order valence-corrected chi connectivity index (χ2v) is 6.68. The van der Waals surface area contributed by atoms with Crippen LogP contribution in [0.25, 0.3) is 0 Å². The molecule has 1 saturated heterocycles. The minimum atomic E-state index is 0.0736. The molecule has 21 heavy (non-hydrogen) atoms. The molecule has 1 N–H and O–H groups in total. The predicted molar refractivity (Wildman–Crippen MR) is 85.4 cm³/mol. The molecule has 0 bridgehead atoms. The maximum atomic E-state index is 9.46. The van der Waals surface area contributed by atoms with E-state index in [1.807, 2.05) is 6.07 Å². The molecule has 0 aromatic heterocycles. The van der Waals surface area contributed by atoms with Gasteiger partial charge in [-0.05, 0) is 45.4 Å². The molecule has 1 aromatic carbocycles. The summed E-state index contributed by atoms with van der Waals surface area (Å²) < 4.78 is 5.47. The molecule has 0 amide bonds. The predicted octanol–water partition coefficient (Wildman–Crippen LogP) is 2.67. The molecule has 1 unspecified atom stereocenters. The summed E-state index contributed by atoms with van der Waals surface area (Å²) in [6, 6.07) is 8.82. The molecule has 2 rings (SSSR count). The Labute approximate surface area is 127 Å². The van der Waals surface area contributed by atoms with Crippen LogP contribution in [0.5, 0.6) is 0 Å². The van der Waals surface area contributed by atoms with E-state index >= 15 is 0 Å². The van der Waals surface area contributed by atoms with Crippen molar-refractivity contribution in [3.63, 3.8) is 0 Å². The van der Waals surface area contributed by atoms with Crippen molar-refractivity contribution in [3.05, 3.63) is 29.3 Å². The van der Waals surface area contributed by atoms with Crippen LogP contribution < -0.4 is 10.2 Å². The summed E-state index contributed by atoms with van der Waals surface area (Å²) in [5, 5.41) is 12.9. The van der Waals surface area contributed by atoms with Crippen LogP contribution in [0.2, 0.25) is 0 Å². The van der Waals surface area contributed by atoms with Crippen molar-refractivity contribution in [2.24, 2.45) is 0 Å². The molecule has 0 radical (unpaired) electrons. The molecule has 1 aliphatic heterocycles. The Balaban J connectivity index is 2.18. The van der Waals surface area contributed by atoms with Gasteiger partial charge in [0.15, 0.2) is 0 Å². The second-order valence-electron chi connectivity index (χ2n) is 6.68. The third-order valence-corrected chi connectivity index (χ3v) is 3.68. The van der Waals surface area contributed by atoms with Crippen LogP contribution in [0.15, 0.2) is 18.2 Å². The molecule has 1 heterocycles. The maximum Gasteiger partial charge on any atom is 0.101 e. The number of anilines is 1. The number of morpholine rings is 1. The van der Waals surface area contributed by atoms with E-state index in [4.69, 9.17) is 4.74 Å². The molecule has 1 aromatic rings. The molecule has 0 aliphatic carbocycles. The number of hydrogen-bond acceptors (Lipinski definition) is 4. The molecule has 1 atom stereocenters. The highest BCUT2D eigenvalue weighted by Crippen LogP contribution is 2.25. The molecule has 1 aliphatic rings. The highest BCUT2D eigenvalue weighted by molar-refractivity contribution is 5.61. The summed E-state index contributed by atoms with van der Waals surface area (Å²) in [5.74, 6) is 0. The van der Waals surface area contributed by atoms with Crippen LogP contribution in [0.1, 0.15) is 38.8 Å². The number of nitrogens with one attached hydrogen (secondary N) is 1. The van der Waals surface area contributed by atoms with Crippen molar-refractivity contribution in [1.82, 2.24) is 5.32 Å². The van der Waals surface area contributed by atoms with E-state index in [0.29, 0.717) is 6.04 Å². The smallest absolute Gasteiger partial charge is 0.101 e. The molecule has 4 heteroatoms. The average Bonchev–Trinajstić information content (AvgIpc) is 2.45. The number of nitrogens with zero attached hydrogens (tertiary/aromatic N) is 2. The first kappa shape index (κ1) is 15.8. The normalized spacial score (nSPS) is 19.4. The van der Waals surface area contributed by atoms with Gasteiger partial charge in [0.05, 0.1) is 24.5 Å². The average molecular weight is 287 g/mol. The number of nitriles is 1. The van der Waals surface area contributed by atoms with Gasteiger partial charge in [-0.1, -0.05) is 6.07 Å². The van der Waals surface area contributed by atoms with E-state index in [9.17, 15) is 5.26 Å². The fourth-order valence-electron chi connectivity index (χ4n) is 2.49. The van der Waals surface area contributed by atoms with Gasteiger partial charge in [-0.3, -0.25) is 0 Å². The molecular weight excluding hydrogens is 262 g/mol. The Morgan fingerprint density at radius 1 is 1.43 bits per heavy atom. The molecule has 0 spiro atoms. The topological polar surface area (TPSA) is 48.3 Å². The largest absolute Gasteiger partial charge is 0.377 e. The lowest BCUT2D eigenvalue weighted by molar-refractivity contribution is 0.0989. The summed E-state index contributed by atoms with van der Waals surface area (Å²) in [4.78, 5) is 2.27. The van der Waals surface area contributed by atoms with Crippen molar-refractivity contribution >= 4 is 5.69 Å². The van der Waals surface area contributed by atoms with Gasteiger partial charge >= 0.3 is 0 Å². The SMILES string of the molecule is CC1COCCN1c1ccc(CNC(C)(C)C)cc1C#N. The van der Waals surface area contributed by atoms with Gasteiger partial charge in [-0.15, -0.1) is 0 Å². The molecule has 114 valence electrons. The van der Waals surface area contributed by atoms with Gasteiger partial charge in [0.25, 0.3) is 0 Å². The van der Waals surface area contributed by atoms with Crippen molar-refractivity contribution in [2.45, 2.75) is 45.8 Å². The van der Waals surface area contributed by atoms with Gasteiger partial charge < -0.3 is 15.0 Å². The molecule has 4 nitrogen and oxygen atoms in total. The van der Waals surface area contributed by atoms with E-state index < -0.39 is 0 Å². The Kier molecular flexibility index (Phi) is 4.87. The highest BCUT2D eigenvalue weighted by Gasteiger charge is 2.21. The lowest BCUT2D eigenvalue weighted by Crippen LogP contribution is -2.44. The first-order valence-electron chi connectivity index (χ1n) is 7.53. The summed E-state index contributed by atoms with van der Waals surface area (Å²) in [7, 11) is 0.